The molecule has 0 saturated heterocycles. The molecule has 5 heteroatoms. The lowest BCUT2D eigenvalue weighted by molar-refractivity contribution is 1.10. The molecule has 0 unspecified atom stereocenters. The molecule has 3 aromatic rings. The van der Waals surface area contributed by atoms with Gasteiger partial charge in [-0.15, -0.1) is 11.3 Å². The summed E-state index contributed by atoms with van der Waals surface area (Å²) in [6, 6.07) is 21.5. The van der Waals surface area contributed by atoms with E-state index in [1.54, 1.807) is 11.3 Å². The summed E-state index contributed by atoms with van der Waals surface area (Å²) in [5.41, 5.74) is 2.77. The Morgan fingerprint density at radius 3 is 2.46 bits per heavy atom. The van der Waals surface area contributed by atoms with Gasteiger partial charge in [0.05, 0.1) is 20.8 Å². The maximum absolute atomic E-state index is 13.2. The fourth-order valence-corrected chi connectivity index (χ4v) is 5.47. The average Bonchev–Trinajstić information content (AvgIpc) is 2.95. The van der Waals surface area contributed by atoms with Crippen molar-refractivity contribution in [3.8, 4) is 16.1 Å². The van der Waals surface area contributed by atoms with E-state index in [9.17, 15) is 4.79 Å². The number of hydrogen-bond acceptors (Lipinski definition) is 2. The summed E-state index contributed by atoms with van der Waals surface area (Å²) in [5.74, 6) is 0. The normalized spacial score (nSPS) is 11.6. The summed E-state index contributed by atoms with van der Waals surface area (Å²) < 4.78 is 3.83. The molecule has 26 heavy (non-hydrogen) atoms. The third kappa shape index (κ3) is 2.26. The van der Waals surface area contributed by atoms with Gasteiger partial charge in [-0.05, 0) is 30.3 Å². The maximum atomic E-state index is 13.2. The Bertz CT molecular complexity index is 1340. The lowest BCUT2D eigenvalue weighted by atomic mass is 10.1. The van der Waals surface area contributed by atoms with Crippen molar-refractivity contribution in [3.05, 3.63) is 86.6 Å². The Balaban J connectivity index is 2.08. The van der Waals surface area contributed by atoms with Crippen molar-refractivity contribution in [2.24, 2.45) is 0 Å². The molecule has 0 saturated carbocycles. The van der Waals surface area contributed by atoms with E-state index in [4.69, 9.17) is 11.6 Å². The summed E-state index contributed by atoms with van der Waals surface area (Å²) in [5, 5.41) is 2.36. The number of hydrogen-bond donors (Lipinski definition) is 0. The van der Waals surface area contributed by atoms with Crippen LogP contribution in [0.25, 0.3) is 37.1 Å². The molecule has 0 N–H and O–H groups in total. The quantitative estimate of drug-likeness (QED) is 0.283. The van der Waals surface area contributed by atoms with Crippen LogP contribution >= 0.6 is 38.9 Å². The van der Waals surface area contributed by atoms with Crippen LogP contribution in [0.2, 0.25) is 5.02 Å². The van der Waals surface area contributed by atoms with Crippen molar-refractivity contribution in [1.29, 1.82) is 0 Å². The van der Waals surface area contributed by atoms with Crippen LogP contribution in [-0.4, -0.2) is 4.57 Å². The van der Waals surface area contributed by atoms with E-state index in [-0.39, 0.29) is 5.56 Å². The minimum Gasteiger partial charge on any atom is -0.273 e. The molecule has 0 aromatic heterocycles. The van der Waals surface area contributed by atoms with Gasteiger partial charge in [-0.1, -0.05) is 63.9 Å². The molecule has 0 amide bonds. The number of benzene rings is 3. The molecule has 0 aliphatic carbocycles. The third-order valence-electron chi connectivity index (χ3n) is 4.55. The first-order valence-electron chi connectivity index (χ1n) is 8.05. The lowest BCUT2D eigenvalue weighted by Crippen LogP contribution is -2.13. The molecule has 0 bridgehead atoms. The molecule has 2 aliphatic heterocycles. The van der Waals surface area contributed by atoms with E-state index in [1.807, 2.05) is 71.3 Å². The van der Waals surface area contributed by atoms with E-state index in [2.05, 4.69) is 15.9 Å². The fourth-order valence-electron chi connectivity index (χ4n) is 3.41. The smallest absolute Gasteiger partial charge is 0.263 e. The van der Waals surface area contributed by atoms with E-state index in [0.717, 1.165) is 41.6 Å². The molecule has 0 fully saturated rings. The number of fused-ring (bicyclic) bond motifs is 5. The van der Waals surface area contributed by atoms with Gasteiger partial charge in [-0.2, -0.15) is 0 Å². The molecule has 3 aromatic carbocycles. The molecule has 0 atom stereocenters. The highest BCUT2D eigenvalue weighted by atomic mass is 79.9. The van der Waals surface area contributed by atoms with E-state index in [1.165, 1.54) is 0 Å². The summed E-state index contributed by atoms with van der Waals surface area (Å²) in [6.45, 7) is 0. The van der Waals surface area contributed by atoms with E-state index in [0.29, 0.717) is 5.02 Å². The minimum absolute atomic E-state index is 0.00373. The molecule has 2 nitrogen and oxygen atoms in total. The molecule has 0 spiro atoms. The third-order valence-corrected chi connectivity index (χ3v) is 6.53. The Morgan fingerprint density at radius 1 is 0.923 bits per heavy atom. The van der Waals surface area contributed by atoms with Crippen LogP contribution in [-0.2, 0) is 0 Å². The van der Waals surface area contributed by atoms with E-state index < -0.39 is 0 Å². The van der Waals surface area contributed by atoms with Gasteiger partial charge < -0.3 is 0 Å². The van der Waals surface area contributed by atoms with Crippen LogP contribution in [0, 0.1) is 0 Å². The van der Waals surface area contributed by atoms with Crippen LogP contribution in [0.3, 0.4) is 0 Å². The lowest BCUT2D eigenvalue weighted by Gasteiger charge is -2.15. The maximum Gasteiger partial charge on any atom is 0.263 e. The molecule has 2 heterocycles. The van der Waals surface area contributed by atoms with Gasteiger partial charge in [0.15, 0.2) is 0 Å². The van der Waals surface area contributed by atoms with Crippen molar-refractivity contribution in [2.45, 2.75) is 0 Å². The Hall–Kier alpha value is -2.14. The molecule has 2 aliphatic rings. The van der Waals surface area contributed by atoms with Crippen molar-refractivity contribution >= 4 is 59.9 Å². The highest BCUT2D eigenvalue weighted by Crippen LogP contribution is 2.43. The highest BCUT2D eigenvalue weighted by Gasteiger charge is 2.23. The van der Waals surface area contributed by atoms with Gasteiger partial charge >= 0.3 is 0 Å². The van der Waals surface area contributed by atoms with Crippen LogP contribution < -0.4 is 5.56 Å². The second kappa shape index (κ2) is 5.95. The molecular formula is C21H11BrClNOS. The van der Waals surface area contributed by atoms with Gasteiger partial charge in [-0.3, -0.25) is 9.36 Å². The van der Waals surface area contributed by atoms with Crippen LogP contribution in [0.1, 0.15) is 0 Å². The van der Waals surface area contributed by atoms with Crippen molar-refractivity contribution < 1.29 is 0 Å². The summed E-state index contributed by atoms with van der Waals surface area (Å²) in [7, 11) is 0. The molecule has 0 radical (unpaired) electrons. The zero-order valence-electron chi connectivity index (χ0n) is 13.4. The van der Waals surface area contributed by atoms with Gasteiger partial charge in [0.2, 0.25) is 0 Å². The van der Waals surface area contributed by atoms with E-state index >= 15 is 0 Å². The van der Waals surface area contributed by atoms with Crippen molar-refractivity contribution in [1.82, 2.24) is 4.57 Å². The first-order valence-corrected chi connectivity index (χ1v) is 10.0. The van der Waals surface area contributed by atoms with Crippen LogP contribution in [0.15, 0.2) is 76.0 Å². The zero-order valence-corrected chi connectivity index (χ0v) is 16.5. The standard InChI is InChI=1S/C21H11BrClNOS/c22-12-9-10-17-18(11-12)26-20(15-7-3-4-8-16(15)23)19-13-5-1-2-6-14(13)21(25)24(17)19/h1-11H. The fraction of sp³-hybridized carbons (Fsp3) is 0. The Labute approximate surface area is 166 Å². The SMILES string of the molecule is O=c1c2ccccc2c2c(-c3ccccc3Cl)sc3cc(Br)ccc3n1-2. The van der Waals surface area contributed by atoms with Crippen molar-refractivity contribution in [3.63, 3.8) is 0 Å². The van der Waals surface area contributed by atoms with Gasteiger partial charge in [0, 0.05) is 25.8 Å². The topological polar surface area (TPSA) is 22.0 Å². The van der Waals surface area contributed by atoms with Crippen LogP contribution in [0.4, 0.5) is 0 Å². The first-order chi connectivity index (χ1) is 12.6. The molecule has 5 rings (SSSR count). The monoisotopic (exact) mass is 439 g/mol. The average molecular weight is 441 g/mol. The number of rotatable bonds is 1. The number of aromatic nitrogens is 1. The second-order valence-corrected chi connectivity index (χ2v) is 8.43. The predicted octanol–water partition coefficient (Wildman–Crippen LogP) is 6.73. The van der Waals surface area contributed by atoms with Gasteiger partial charge in [0.1, 0.15) is 0 Å². The number of nitrogens with zero attached hydrogens (tertiary/aromatic N) is 1. The van der Waals surface area contributed by atoms with Gasteiger partial charge in [0.25, 0.3) is 5.56 Å². The minimum atomic E-state index is 0.00373. The summed E-state index contributed by atoms with van der Waals surface area (Å²) in [6.07, 6.45) is 0. The Morgan fingerprint density at radius 2 is 1.65 bits per heavy atom. The van der Waals surface area contributed by atoms with Crippen molar-refractivity contribution in [2.75, 3.05) is 0 Å². The number of halogens is 2. The summed E-state index contributed by atoms with van der Waals surface area (Å²) in [4.78, 5) is 14.2. The Kier molecular flexibility index (Phi) is 3.67. The summed E-state index contributed by atoms with van der Waals surface area (Å²) >= 11 is 11.7. The highest BCUT2D eigenvalue weighted by molar-refractivity contribution is 9.10. The molecule has 126 valence electrons. The predicted molar refractivity (Wildman–Crippen MR) is 114 cm³/mol. The van der Waals surface area contributed by atoms with Crippen LogP contribution in [0.5, 0.6) is 0 Å². The largest absolute Gasteiger partial charge is 0.273 e. The second-order valence-electron chi connectivity index (χ2n) is 6.06. The first kappa shape index (κ1) is 16.1. The zero-order chi connectivity index (χ0) is 17.8. The molecular weight excluding hydrogens is 430 g/mol. The van der Waals surface area contributed by atoms with Gasteiger partial charge in [-0.25, -0.2) is 0 Å².